The van der Waals surface area contributed by atoms with E-state index in [0.29, 0.717) is 0 Å². The molecule has 9 heavy (non-hydrogen) atoms. The fourth-order valence-corrected chi connectivity index (χ4v) is 0. The predicted octanol–water partition coefficient (Wildman–Crippen LogP) is 4.04. The number of hydrogen-bond donors (Lipinski definition) is 0. The summed E-state index contributed by atoms with van der Waals surface area (Å²) in [6.45, 7) is 2.00. The van der Waals surface area contributed by atoms with Gasteiger partial charge in [0.25, 0.3) is 0 Å². The Balaban J connectivity index is 0. The van der Waals surface area contributed by atoms with E-state index in [1.807, 2.05) is 6.92 Å². The van der Waals surface area contributed by atoms with Crippen LogP contribution in [0.3, 0.4) is 0 Å². The molecule has 0 saturated heterocycles. The van der Waals surface area contributed by atoms with Gasteiger partial charge in [0.2, 0.25) is 0 Å². The summed E-state index contributed by atoms with van der Waals surface area (Å²) < 4.78 is 0. The van der Waals surface area contributed by atoms with Crippen LogP contribution in [0.4, 0.5) is 0 Å². The zero-order chi connectivity index (χ0) is 7.86. The van der Waals surface area contributed by atoms with Crippen LogP contribution in [-0.4, -0.2) is 12.3 Å². The summed E-state index contributed by atoms with van der Waals surface area (Å²) in [4.78, 5) is 0. The Morgan fingerprint density at radius 1 is 1.22 bits per heavy atom. The minimum absolute atomic E-state index is 0.975. The molecule has 55 valence electrons. The monoisotopic (exact) mass is 279 g/mol. The van der Waals surface area contributed by atoms with Gasteiger partial charge in [0.1, 0.15) is 0 Å². The third-order valence-corrected chi connectivity index (χ3v) is 2.78. The molecular weight excluding hydrogens is 276 g/mol. The quantitative estimate of drug-likeness (QED) is 0.636. The average Bonchev–Trinajstić information content (AvgIpc) is 1.65. The van der Waals surface area contributed by atoms with Crippen molar-refractivity contribution in [1.82, 2.24) is 0 Å². The fraction of sp³-hybridized carbons (Fsp3) is 1.00. The summed E-state index contributed by atoms with van der Waals surface area (Å²) in [5.41, 5.74) is 0. The molecule has 0 aliphatic heterocycles. The molecule has 0 aromatic carbocycles. The summed E-state index contributed by atoms with van der Waals surface area (Å²) in [7, 11) is 25.6. The van der Waals surface area contributed by atoms with Crippen molar-refractivity contribution in [2.24, 2.45) is 0 Å². The third kappa shape index (κ3) is 36.7. The molecule has 7 heteroatoms. The zero-order valence-corrected chi connectivity index (χ0v) is 11.2. The standard InChI is InChI=1S/C2H5.Al.5ClH.Ti/c1-2;;;;;;;/h1H2,2H3;;5*1H;/q;+2;;;;;;+3/p-5. The van der Waals surface area contributed by atoms with Crippen LogP contribution < -0.4 is 0 Å². The van der Waals surface area contributed by atoms with Crippen molar-refractivity contribution >= 4 is 60.3 Å². The van der Waals surface area contributed by atoms with Crippen LogP contribution in [-0.2, 0) is 14.7 Å². The second kappa shape index (κ2) is 10.7. The normalized spacial score (nSPS) is 7.33. The van der Waals surface area contributed by atoms with Gasteiger partial charge in [0.05, 0.1) is 0 Å². The van der Waals surface area contributed by atoms with Crippen molar-refractivity contribution in [1.29, 1.82) is 0 Å². The molecular formula is C2H5AlCl5Ti. The number of rotatable bonds is 1. The summed E-state index contributed by atoms with van der Waals surface area (Å²) >= 11 is -3.12. The van der Waals surface area contributed by atoms with E-state index in [1.165, 1.54) is 0 Å². The van der Waals surface area contributed by atoms with Crippen LogP contribution in [0.15, 0.2) is 0 Å². The van der Waals surface area contributed by atoms with Crippen molar-refractivity contribution in [2.45, 2.75) is 12.2 Å². The van der Waals surface area contributed by atoms with Crippen LogP contribution in [0.25, 0.3) is 0 Å². The van der Waals surface area contributed by atoms with Gasteiger partial charge in [0.15, 0.2) is 0 Å². The van der Waals surface area contributed by atoms with Gasteiger partial charge >= 0.3 is 54.9 Å². The zero-order valence-electron chi connectivity index (χ0n) is 4.67. The number of hydrogen-bond acceptors (Lipinski definition) is 0. The predicted molar refractivity (Wildman–Crippen MR) is 45.5 cm³/mol. The summed E-state index contributed by atoms with van der Waals surface area (Å²) in [6.07, 6.45) is 0. The Bertz CT molecular complexity index is 47.5. The molecule has 0 radical (unpaired) electrons. The first kappa shape index (κ1) is 14.2. The topological polar surface area (TPSA) is 0 Å². The molecule has 0 bridgehead atoms. The fourth-order valence-electron chi connectivity index (χ4n) is 0. The van der Waals surface area contributed by atoms with Crippen molar-refractivity contribution in [3.05, 3.63) is 0 Å². The molecule has 0 atom stereocenters. The van der Waals surface area contributed by atoms with Gasteiger partial charge in [-0.1, -0.05) is 12.2 Å². The van der Waals surface area contributed by atoms with Crippen molar-refractivity contribution < 1.29 is 14.7 Å². The van der Waals surface area contributed by atoms with Gasteiger partial charge in [-0.3, -0.25) is 0 Å². The van der Waals surface area contributed by atoms with Gasteiger partial charge in [-0.15, -0.1) is 0 Å². The Labute approximate surface area is 86.0 Å². The van der Waals surface area contributed by atoms with Gasteiger partial charge < -0.3 is 0 Å². The second-order valence-electron chi connectivity index (χ2n) is 1.01. The Morgan fingerprint density at radius 3 is 1.33 bits per heavy atom. The molecule has 0 aromatic rings. The molecule has 0 amide bonds. The SMILES string of the molecule is C[CH2][Al]([Cl])[Cl].[Cl][Ti]([Cl])[Cl]. The first-order chi connectivity index (χ1) is 4.00. The molecule has 0 aromatic heterocycles. The Morgan fingerprint density at radius 2 is 1.33 bits per heavy atom. The summed E-state index contributed by atoms with van der Waals surface area (Å²) in [5, 5.41) is 0.975. The molecule has 0 N–H and O–H groups in total. The van der Waals surface area contributed by atoms with Gasteiger partial charge in [-0.05, 0) is 0 Å². The first-order valence-corrected chi connectivity index (χ1v) is 12.9. The second-order valence-corrected chi connectivity index (χ2v) is 14.2. The molecule has 0 aliphatic rings. The van der Waals surface area contributed by atoms with E-state index in [4.69, 9.17) is 48.0 Å². The summed E-state index contributed by atoms with van der Waals surface area (Å²) in [6, 6.07) is 0. The molecule has 0 heterocycles. The number of halogens is 5. The van der Waals surface area contributed by atoms with Crippen LogP contribution in [0.5, 0.6) is 0 Å². The van der Waals surface area contributed by atoms with E-state index < -0.39 is 27.0 Å². The van der Waals surface area contributed by atoms with E-state index >= 15 is 0 Å². The van der Waals surface area contributed by atoms with Crippen molar-refractivity contribution in [3.8, 4) is 0 Å². The average molecular weight is 281 g/mol. The Kier molecular flexibility index (Phi) is 16.9. The molecule has 0 fully saturated rings. The van der Waals surface area contributed by atoms with E-state index in [1.54, 1.807) is 0 Å². The summed E-state index contributed by atoms with van der Waals surface area (Å²) in [5.74, 6) is 0. The first-order valence-electron chi connectivity index (χ1n) is 2.12. The molecule has 0 saturated carbocycles. The molecule has 0 unspecified atom stereocenters. The van der Waals surface area contributed by atoms with Gasteiger partial charge in [-0.25, -0.2) is 20.1 Å². The molecule has 0 aliphatic carbocycles. The van der Waals surface area contributed by atoms with Gasteiger partial charge in [-0.2, -0.15) is 0 Å². The van der Waals surface area contributed by atoms with Crippen molar-refractivity contribution in [2.75, 3.05) is 0 Å². The molecule has 0 nitrogen and oxygen atoms in total. The maximum atomic E-state index is 5.37. The van der Waals surface area contributed by atoms with Crippen LogP contribution >= 0.6 is 48.0 Å². The third-order valence-electron chi connectivity index (χ3n) is 0.309. The van der Waals surface area contributed by atoms with Gasteiger partial charge in [0, 0.05) is 0 Å². The van der Waals surface area contributed by atoms with E-state index in [0.717, 1.165) is 5.28 Å². The van der Waals surface area contributed by atoms with E-state index in [9.17, 15) is 0 Å². The maximum absolute atomic E-state index is 5.37. The minimum atomic E-state index is -1.92. The van der Waals surface area contributed by atoms with Crippen LogP contribution in [0.2, 0.25) is 5.28 Å². The van der Waals surface area contributed by atoms with Crippen molar-refractivity contribution in [3.63, 3.8) is 0 Å². The molecule has 0 rings (SSSR count). The van der Waals surface area contributed by atoms with E-state index in [-0.39, 0.29) is 0 Å². The molecule has 0 spiro atoms. The Hall–Kier alpha value is 2.70. The van der Waals surface area contributed by atoms with Crippen LogP contribution in [0.1, 0.15) is 6.92 Å². The van der Waals surface area contributed by atoms with Crippen LogP contribution in [0, 0.1) is 0 Å². The van der Waals surface area contributed by atoms with E-state index in [2.05, 4.69) is 0 Å².